The Kier molecular flexibility index (Phi) is 4.02. The van der Waals surface area contributed by atoms with Crippen LogP contribution in [-0.2, 0) is 6.54 Å². The third kappa shape index (κ3) is 3.20. The summed E-state index contributed by atoms with van der Waals surface area (Å²) in [4.78, 5) is 2.40. The van der Waals surface area contributed by atoms with E-state index >= 15 is 0 Å². The molecule has 0 radical (unpaired) electrons. The van der Waals surface area contributed by atoms with Gasteiger partial charge >= 0.3 is 0 Å². The summed E-state index contributed by atoms with van der Waals surface area (Å²) < 4.78 is 0. The van der Waals surface area contributed by atoms with Crippen molar-refractivity contribution in [1.29, 1.82) is 0 Å². The van der Waals surface area contributed by atoms with Gasteiger partial charge in [-0.3, -0.25) is 4.90 Å². The first-order valence-electron chi connectivity index (χ1n) is 6.40. The van der Waals surface area contributed by atoms with Crippen LogP contribution in [0.5, 0.6) is 5.75 Å². The minimum atomic E-state index is 0.413. The Labute approximate surface area is 103 Å². The minimum Gasteiger partial charge on any atom is -0.508 e. The molecule has 1 aromatic rings. The lowest BCUT2D eigenvalue weighted by Gasteiger charge is -2.31. The smallest absolute Gasteiger partial charge is 0.120 e. The minimum absolute atomic E-state index is 0.413. The molecule has 3 nitrogen and oxygen atoms in total. The van der Waals surface area contributed by atoms with Crippen LogP contribution >= 0.6 is 0 Å². The van der Waals surface area contributed by atoms with Crippen molar-refractivity contribution in [3.63, 3.8) is 0 Å². The van der Waals surface area contributed by atoms with E-state index in [1.807, 2.05) is 6.07 Å². The highest BCUT2D eigenvalue weighted by Gasteiger charge is 2.18. The summed E-state index contributed by atoms with van der Waals surface area (Å²) in [6.07, 6.45) is 2.37. The molecule has 0 unspecified atom stereocenters. The molecule has 1 fully saturated rings. The van der Waals surface area contributed by atoms with Crippen LogP contribution in [0.4, 0.5) is 0 Å². The normalized spacial score (nSPS) is 18.5. The molecule has 0 aromatic heterocycles. The summed E-state index contributed by atoms with van der Waals surface area (Å²) in [5.41, 5.74) is 7.93. The van der Waals surface area contributed by atoms with Crippen molar-refractivity contribution in [3.8, 4) is 5.75 Å². The molecule has 1 aliphatic rings. The van der Waals surface area contributed by atoms with Crippen molar-refractivity contribution in [1.82, 2.24) is 4.90 Å². The summed E-state index contributed by atoms with van der Waals surface area (Å²) in [6, 6.07) is 5.81. The summed E-state index contributed by atoms with van der Waals surface area (Å²) in [7, 11) is 0. The predicted octanol–water partition coefficient (Wildman–Crippen LogP) is 1.87. The van der Waals surface area contributed by atoms with Gasteiger partial charge < -0.3 is 10.8 Å². The molecular formula is C14H22N2O. The molecule has 1 aliphatic heterocycles. The average Bonchev–Trinajstić information content (AvgIpc) is 2.35. The topological polar surface area (TPSA) is 49.5 Å². The third-order valence-corrected chi connectivity index (χ3v) is 3.67. The maximum absolute atomic E-state index is 9.82. The van der Waals surface area contributed by atoms with E-state index in [0.717, 1.165) is 31.7 Å². The maximum Gasteiger partial charge on any atom is 0.120 e. The fraction of sp³-hybridized carbons (Fsp3) is 0.571. The van der Waals surface area contributed by atoms with E-state index in [1.165, 1.54) is 18.4 Å². The molecule has 0 aliphatic carbocycles. The van der Waals surface area contributed by atoms with E-state index in [0.29, 0.717) is 11.7 Å². The lowest BCUT2D eigenvalue weighted by atomic mass is 9.96. The Hall–Kier alpha value is -1.06. The number of hydrogen-bond acceptors (Lipinski definition) is 3. The van der Waals surface area contributed by atoms with Gasteiger partial charge in [-0.2, -0.15) is 0 Å². The van der Waals surface area contributed by atoms with Crippen molar-refractivity contribution in [2.45, 2.75) is 26.3 Å². The van der Waals surface area contributed by atoms with Gasteiger partial charge in [0.05, 0.1) is 0 Å². The molecule has 2 rings (SSSR count). The molecule has 3 N–H and O–H groups in total. The van der Waals surface area contributed by atoms with E-state index in [2.05, 4.69) is 17.9 Å². The predicted molar refractivity (Wildman–Crippen MR) is 69.9 cm³/mol. The number of likely N-dealkylation sites (tertiary alicyclic amines) is 1. The summed E-state index contributed by atoms with van der Waals surface area (Å²) >= 11 is 0. The quantitative estimate of drug-likeness (QED) is 0.839. The van der Waals surface area contributed by atoms with Gasteiger partial charge in [0, 0.05) is 12.1 Å². The van der Waals surface area contributed by atoms with Gasteiger partial charge in [-0.15, -0.1) is 0 Å². The van der Waals surface area contributed by atoms with Crippen molar-refractivity contribution < 1.29 is 5.11 Å². The van der Waals surface area contributed by atoms with Crippen molar-refractivity contribution in [2.24, 2.45) is 11.7 Å². The van der Waals surface area contributed by atoms with Gasteiger partial charge in [0.25, 0.3) is 0 Å². The SMILES string of the molecule is Cc1ccc(O)c(CN2CCC(CN)CC2)c1. The van der Waals surface area contributed by atoms with E-state index < -0.39 is 0 Å². The molecule has 1 heterocycles. The zero-order valence-electron chi connectivity index (χ0n) is 10.5. The zero-order chi connectivity index (χ0) is 12.3. The summed E-state index contributed by atoms with van der Waals surface area (Å²) in [6.45, 7) is 5.91. The van der Waals surface area contributed by atoms with Gasteiger partial charge in [0.15, 0.2) is 0 Å². The molecule has 17 heavy (non-hydrogen) atoms. The number of hydrogen-bond donors (Lipinski definition) is 2. The molecule has 0 spiro atoms. The number of nitrogens with two attached hydrogens (primary N) is 1. The Morgan fingerprint density at radius 1 is 1.35 bits per heavy atom. The number of benzene rings is 1. The molecule has 0 amide bonds. The van der Waals surface area contributed by atoms with Crippen LogP contribution in [0, 0.1) is 12.8 Å². The number of phenolic OH excluding ortho intramolecular Hbond substituents is 1. The van der Waals surface area contributed by atoms with Gasteiger partial charge in [-0.25, -0.2) is 0 Å². The second kappa shape index (κ2) is 5.52. The summed E-state index contributed by atoms with van der Waals surface area (Å²) in [5.74, 6) is 1.11. The van der Waals surface area contributed by atoms with E-state index in [1.54, 1.807) is 6.07 Å². The zero-order valence-corrected chi connectivity index (χ0v) is 10.5. The first-order chi connectivity index (χ1) is 8.19. The van der Waals surface area contributed by atoms with Crippen molar-refractivity contribution >= 4 is 0 Å². The first kappa shape index (κ1) is 12.4. The largest absolute Gasteiger partial charge is 0.508 e. The fourth-order valence-electron chi connectivity index (χ4n) is 2.46. The van der Waals surface area contributed by atoms with Crippen LogP contribution in [-0.4, -0.2) is 29.6 Å². The Morgan fingerprint density at radius 2 is 2.06 bits per heavy atom. The van der Waals surface area contributed by atoms with Crippen LogP contribution in [0.25, 0.3) is 0 Å². The molecule has 94 valence electrons. The van der Waals surface area contributed by atoms with Gasteiger partial charge in [0.1, 0.15) is 5.75 Å². The summed E-state index contributed by atoms with van der Waals surface area (Å²) in [5, 5.41) is 9.82. The molecule has 0 bridgehead atoms. The lowest BCUT2D eigenvalue weighted by molar-refractivity contribution is 0.179. The lowest BCUT2D eigenvalue weighted by Crippen LogP contribution is -2.35. The second-order valence-electron chi connectivity index (χ2n) is 5.09. The molecule has 1 saturated heterocycles. The van der Waals surface area contributed by atoms with Crippen LogP contribution in [0.3, 0.4) is 0 Å². The Morgan fingerprint density at radius 3 is 2.71 bits per heavy atom. The van der Waals surface area contributed by atoms with E-state index in [4.69, 9.17) is 5.73 Å². The Bertz CT molecular complexity index is 370. The van der Waals surface area contributed by atoms with E-state index in [-0.39, 0.29) is 0 Å². The standard InChI is InChI=1S/C14H22N2O/c1-11-2-3-14(17)13(8-11)10-16-6-4-12(9-15)5-7-16/h2-3,8,12,17H,4-7,9-10,15H2,1H3. The van der Waals surface area contributed by atoms with Crippen LogP contribution < -0.4 is 5.73 Å². The molecule has 0 atom stereocenters. The highest BCUT2D eigenvalue weighted by molar-refractivity contribution is 5.35. The van der Waals surface area contributed by atoms with Crippen LogP contribution in [0.2, 0.25) is 0 Å². The number of aryl methyl sites for hydroxylation is 1. The van der Waals surface area contributed by atoms with Gasteiger partial charge in [0.2, 0.25) is 0 Å². The number of nitrogens with zero attached hydrogens (tertiary/aromatic N) is 1. The van der Waals surface area contributed by atoms with Crippen LogP contribution in [0.15, 0.2) is 18.2 Å². The number of piperidine rings is 1. The fourth-order valence-corrected chi connectivity index (χ4v) is 2.46. The molecule has 1 aromatic carbocycles. The van der Waals surface area contributed by atoms with Crippen LogP contribution in [0.1, 0.15) is 24.0 Å². The van der Waals surface area contributed by atoms with Gasteiger partial charge in [-0.05, 0) is 51.4 Å². The van der Waals surface area contributed by atoms with E-state index in [9.17, 15) is 5.11 Å². The third-order valence-electron chi connectivity index (χ3n) is 3.67. The molecular weight excluding hydrogens is 212 g/mol. The number of rotatable bonds is 3. The molecule has 0 saturated carbocycles. The first-order valence-corrected chi connectivity index (χ1v) is 6.40. The monoisotopic (exact) mass is 234 g/mol. The van der Waals surface area contributed by atoms with Gasteiger partial charge in [-0.1, -0.05) is 17.7 Å². The molecule has 3 heteroatoms. The van der Waals surface area contributed by atoms with Crippen molar-refractivity contribution in [2.75, 3.05) is 19.6 Å². The number of aromatic hydroxyl groups is 1. The number of phenols is 1. The average molecular weight is 234 g/mol. The van der Waals surface area contributed by atoms with Crippen molar-refractivity contribution in [3.05, 3.63) is 29.3 Å². The highest BCUT2D eigenvalue weighted by Crippen LogP contribution is 2.23. The highest BCUT2D eigenvalue weighted by atomic mass is 16.3. The maximum atomic E-state index is 9.82. The second-order valence-corrected chi connectivity index (χ2v) is 5.09. The Balaban J connectivity index is 1.95.